The first-order valence-corrected chi connectivity index (χ1v) is 6.26. The lowest BCUT2D eigenvalue weighted by Gasteiger charge is -2.21. The molecule has 1 atom stereocenters. The lowest BCUT2D eigenvalue weighted by Crippen LogP contribution is -2.26. The van der Waals surface area contributed by atoms with Crippen molar-refractivity contribution in [2.45, 2.75) is 31.2 Å². The lowest BCUT2D eigenvalue weighted by molar-refractivity contribution is 0.184. The van der Waals surface area contributed by atoms with Gasteiger partial charge in [-0.3, -0.25) is 4.68 Å². The highest BCUT2D eigenvalue weighted by Crippen LogP contribution is 2.26. The first kappa shape index (κ1) is 10.3. The number of hydrogen-bond donors (Lipinski definition) is 1. The fourth-order valence-electron chi connectivity index (χ4n) is 2.65. The summed E-state index contributed by atoms with van der Waals surface area (Å²) >= 11 is 0. The molecule has 0 aromatic carbocycles. The van der Waals surface area contributed by atoms with Crippen molar-refractivity contribution in [3.8, 4) is 0 Å². The van der Waals surface area contributed by atoms with Crippen LogP contribution in [0.3, 0.4) is 0 Å². The standard InChI is InChI=1S/C12H19N3O/c1-4-13-5-2-10(1)11-7-14-15(8-11)12-3-6-16-9-12/h7-8,10,12-13H,1-6,9H2/t12-/m1/s1. The van der Waals surface area contributed by atoms with Gasteiger partial charge in [0.15, 0.2) is 0 Å². The second-order valence-electron chi connectivity index (χ2n) is 4.80. The average molecular weight is 221 g/mol. The fourth-order valence-corrected chi connectivity index (χ4v) is 2.65. The molecule has 3 rings (SSSR count). The summed E-state index contributed by atoms with van der Waals surface area (Å²) in [5, 5.41) is 7.89. The van der Waals surface area contributed by atoms with Crippen LogP contribution in [0.5, 0.6) is 0 Å². The van der Waals surface area contributed by atoms with E-state index in [-0.39, 0.29) is 0 Å². The van der Waals surface area contributed by atoms with Crippen molar-refractivity contribution in [1.82, 2.24) is 15.1 Å². The largest absolute Gasteiger partial charge is 0.379 e. The zero-order valence-electron chi connectivity index (χ0n) is 9.56. The first-order chi connectivity index (χ1) is 7.93. The van der Waals surface area contributed by atoms with Gasteiger partial charge in [0.05, 0.1) is 18.8 Å². The Morgan fingerprint density at radius 3 is 2.94 bits per heavy atom. The molecule has 4 heteroatoms. The van der Waals surface area contributed by atoms with Gasteiger partial charge in [0, 0.05) is 12.8 Å². The number of ether oxygens (including phenoxy) is 1. The normalized spacial score (nSPS) is 27.4. The zero-order valence-corrected chi connectivity index (χ0v) is 9.56. The lowest BCUT2D eigenvalue weighted by atomic mass is 9.93. The summed E-state index contributed by atoms with van der Waals surface area (Å²) < 4.78 is 7.50. The van der Waals surface area contributed by atoms with Crippen molar-refractivity contribution < 1.29 is 4.74 Å². The van der Waals surface area contributed by atoms with Gasteiger partial charge in [-0.2, -0.15) is 5.10 Å². The van der Waals surface area contributed by atoms with Crippen molar-refractivity contribution in [3.05, 3.63) is 18.0 Å². The molecule has 1 N–H and O–H groups in total. The maximum Gasteiger partial charge on any atom is 0.0774 e. The minimum Gasteiger partial charge on any atom is -0.379 e. The Hall–Kier alpha value is -0.870. The average Bonchev–Trinajstić information content (AvgIpc) is 3.01. The molecule has 0 radical (unpaired) electrons. The highest BCUT2D eigenvalue weighted by molar-refractivity contribution is 5.12. The number of piperidine rings is 1. The molecule has 2 aliphatic heterocycles. The van der Waals surface area contributed by atoms with Crippen molar-refractivity contribution in [2.24, 2.45) is 0 Å². The Kier molecular flexibility index (Phi) is 2.93. The van der Waals surface area contributed by atoms with Crippen molar-refractivity contribution in [1.29, 1.82) is 0 Å². The molecule has 1 aromatic rings. The quantitative estimate of drug-likeness (QED) is 0.818. The summed E-state index contributed by atoms with van der Waals surface area (Å²) in [6, 6.07) is 0.468. The number of nitrogens with zero attached hydrogens (tertiary/aromatic N) is 2. The van der Waals surface area contributed by atoms with Crippen molar-refractivity contribution >= 4 is 0 Å². The smallest absolute Gasteiger partial charge is 0.0774 e. The molecule has 3 heterocycles. The molecule has 0 unspecified atom stereocenters. The molecule has 1 aromatic heterocycles. The molecule has 16 heavy (non-hydrogen) atoms. The molecule has 2 saturated heterocycles. The van der Waals surface area contributed by atoms with E-state index in [2.05, 4.69) is 21.3 Å². The van der Waals surface area contributed by atoms with Crippen molar-refractivity contribution in [2.75, 3.05) is 26.3 Å². The second-order valence-corrected chi connectivity index (χ2v) is 4.80. The van der Waals surface area contributed by atoms with Crippen LogP contribution in [0.15, 0.2) is 12.4 Å². The molecule has 0 spiro atoms. The number of rotatable bonds is 2. The predicted octanol–water partition coefficient (Wildman–Crippen LogP) is 1.31. The van der Waals surface area contributed by atoms with Gasteiger partial charge in [0.1, 0.15) is 0 Å². The zero-order chi connectivity index (χ0) is 10.8. The fraction of sp³-hybridized carbons (Fsp3) is 0.750. The van der Waals surface area contributed by atoms with E-state index in [1.165, 1.54) is 18.4 Å². The van der Waals surface area contributed by atoms with E-state index in [1.807, 2.05) is 6.20 Å². The van der Waals surface area contributed by atoms with Gasteiger partial charge in [-0.05, 0) is 43.8 Å². The third-order valence-corrected chi connectivity index (χ3v) is 3.71. The molecular formula is C12H19N3O. The number of hydrogen-bond acceptors (Lipinski definition) is 3. The van der Waals surface area contributed by atoms with E-state index in [4.69, 9.17) is 4.74 Å². The molecule has 0 amide bonds. The second kappa shape index (κ2) is 4.55. The van der Waals surface area contributed by atoms with E-state index < -0.39 is 0 Å². The van der Waals surface area contributed by atoms with Gasteiger partial charge < -0.3 is 10.1 Å². The van der Waals surface area contributed by atoms with Crippen LogP contribution in [0, 0.1) is 0 Å². The van der Waals surface area contributed by atoms with Crippen LogP contribution < -0.4 is 5.32 Å². The van der Waals surface area contributed by atoms with E-state index in [0.717, 1.165) is 32.7 Å². The first-order valence-electron chi connectivity index (χ1n) is 6.26. The van der Waals surface area contributed by atoms with Gasteiger partial charge in [0.2, 0.25) is 0 Å². The maximum absolute atomic E-state index is 5.40. The molecule has 0 saturated carbocycles. The predicted molar refractivity (Wildman–Crippen MR) is 61.5 cm³/mol. The Balaban J connectivity index is 1.71. The van der Waals surface area contributed by atoms with Crippen molar-refractivity contribution in [3.63, 3.8) is 0 Å². The minimum absolute atomic E-state index is 0.468. The highest BCUT2D eigenvalue weighted by atomic mass is 16.5. The maximum atomic E-state index is 5.40. The number of nitrogens with one attached hydrogen (secondary N) is 1. The van der Waals surface area contributed by atoms with Crippen LogP contribution in [0.2, 0.25) is 0 Å². The van der Waals surface area contributed by atoms with E-state index in [9.17, 15) is 0 Å². The van der Waals surface area contributed by atoms with Gasteiger partial charge in [-0.1, -0.05) is 0 Å². The summed E-state index contributed by atoms with van der Waals surface area (Å²) in [4.78, 5) is 0. The molecular weight excluding hydrogens is 202 g/mol. The molecule has 2 fully saturated rings. The van der Waals surface area contributed by atoms with Crippen LogP contribution in [-0.2, 0) is 4.74 Å². The Morgan fingerprint density at radius 1 is 1.31 bits per heavy atom. The van der Waals surface area contributed by atoms with E-state index in [0.29, 0.717) is 12.0 Å². The summed E-state index contributed by atoms with van der Waals surface area (Å²) in [7, 11) is 0. The SMILES string of the molecule is c1nn([C@@H]2CCOC2)cc1C1CCNCC1. The Bertz CT molecular complexity index is 338. The minimum atomic E-state index is 0.468. The molecule has 4 nitrogen and oxygen atoms in total. The molecule has 88 valence electrons. The van der Waals surface area contributed by atoms with Gasteiger partial charge in [-0.15, -0.1) is 0 Å². The summed E-state index contributed by atoms with van der Waals surface area (Å²) in [6.45, 7) is 3.99. The highest BCUT2D eigenvalue weighted by Gasteiger charge is 2.21. The van der Waals surface area contributed by atoms with Crippen LogP contribution in [0.4, 0.5) is 0 Å². The topological polar surface area (TPSA) is 39.1 Å². The van der Waals surface area contributed by atoms with Crippen LogP contribution in [-0.4, -0.2) is 36.1 Å². The number of aromatic nitrogens is 2. The van der Waals surface area contributed by atoms with Crippen LogP contribution in [0.25, 0.3) is 0 Å². The molecule has 2 aliphatic rings. The summed E-state index contributed by atoms with van der Waals surface area (Å²) in [5.74, 6) is 0.706. The van der Waals surface area contributed by atoms with Gasteiger partial charge in [-0.25, -0.2) is 0 Å². The van der Waals surface area contributed by atoms with E-state index in [1.54, 1.807) is 0 Å². The van der Waals surface area contributed by atoms with E-state index >= 15 is 0 Å². The Morgan fingerprint density at radius 2 is 2.19 bits per heavy atom. The Labute approximate surface area is 96.0 Å². The summed E-state index contributed by atoms with van der Waals surface area (Å²) in [6.07, 6.45) is 7.87. The summed E-state index contributed by atoms with van der Waals surface area (Å²) in [5.41, 5.74) is 1.41. The van der Waals surface area contributed by atoms with Crippen LogP contribution in [0.1, 0.15) is 36.8 Å². The third-order valence-electron chi connectivity index (χ3n) is 3.71. The molecule has 0 aliphatic carbocycles. The van der Waals surface area contributed by atoms with Gasteiger partial charge >= 0.3 is 0 Å². The molecule has 0 bridgehead atoms. The van der Waals surface area contributed by atoms with Gasteiger partial charge in [0.25, 0.3) is 0 Å². The van der Waals surface area contributed by atoms with Crippen LogP contribution >= 0.6 is 0 Å². The third kappa shape index (κ3) is 1.99. The monoisotopic (exact) mass is 221 g/mol.